The third-order valence-corrected chi connectivity index (χ3v) is 1.79. The van der Waals surface area contributed by atoms with E-state index in [1.165, 1.54) is 6.92 Å². The fourth-order valence-corrected chi connectivity index (χ4v) is 0.926. The molecule has 0 bridgehead atoms. The van der Waals surface area contributed by atoms with Crippen LogP contribution in [0.3, 0.4) is 0 Å². The maximum atomic E-state index is 11.8. The normalized spacial score (nSPS) is 15.9. The van der Waals surface area contributed by atoms with Crippen LogP contribution in [0.5, 0.6) is 0 Å². The molecule has 0 aliphatic carbocycles. The number of hydrogen-bond donors (Lipinski definition) is 2. The number of nitrogens with two attached hydrogens (primary N) is 1. The highest BCUT2D eigenvalue weighted by atomic mass is 19.4. The summed E-state index contributed by atoms with van der Waals surface area (Å²) in [5, 5.41) is 12.5. The zero-order valence-electron chi connectivity index (χ0n) is 8.94. The van der Waals surface area contributed by atoms with Crippen LogP contribution in [-0.2, 0) is 11.3 Å². The van der Waals surface area contributed by atoms with Crippen molar-refractivity contribution in [2.75, 3.05) is 6.61 Å². The largest absolute Gasteiger partial charge is 0.411 e. The van der Waals surface area contributed by atoms with Gasteiger partial charge in [0, 0.05) is 0 Å². The molecular weight excluding hydrogens is 243 g/mol. The second kappa shape index (κ2) is 5.43. The summed E-state index contributed by atoms with van der Waals surface area (Å²) in [6.45, 7) is -0.399. The Balaban J connectivity index is 2.46. The lowest BCUT2D eigenvalue weighted by molar-refractivity contribution is -0.177. The van der Waals surface area contributed by atoms with Crippen molar-refractivity contribution in [2.45, 2.75) is 31.9 Å². The number of rotatable bonds is 5. The first kappa shape index (κ1) is 13.9. The van der Waals surface area contributed by atoms with Gasteiger partial charge in [-0.05, 0) is 6.92 Å². The van der Waals surface area contributed by atoms with Gasteiger partial charge in [-0.1, -0.05) is 5.16 Å². The summed E-state index contributed by atoms with van der Waals surface area (Å²) in [5.41, 5.74) is 5.48. The number of aromatic nitrogens is 2. The van der Waals surface area contributed by atoms with E-state index in [9.17, 15) is 13.2 Å². The Bertz CT molecular complexity index is 353. The SMILES string of the molecule is CC(O)C(N)c1nc(COCC(F)(F)F)no1. The standard InChI is InChI=1S/C8H12F3N3O3/c1-4(15)6(12)7-13-5(14-17-7)2-16-3-8(9,10)11/h4,6,15H,2-3,12H2,1H3. The number of ether oxygens (including phenoxy) is 1. The number of halogens is 3. The molecule has 98 valence electrons. The van der Waals surface area contributed by atoms with Crippen LogP contribution >= 0.6 is 0 Å². The molecule has 0 radical (unpaired) electrons. The van der Waals surface area contributed by atoms with E-state index in [2.05, 4.69) is 19.4 Å². The van der Waals surface area contributed by atoms with Crippen LogP contribution < -0.4 is 5.73 Å². The molecule has 0 spiro atoms. The minimum Gasteiger partial charge on any atom is -0.391 e. The lowest BCUT2D eigenvalue weighted by Gasteiger charge is -2.08. The van der Waals surface area contributed by atoms with Crippen molar-refractivity contribution in [1.29, 1.82) is 0 Å². The van der Waals surface area contributed by atoms with Gasteiger partial charge in [0.05, 0.1) is 6.10 Å². The van der Waals surface area contributed by atoms with E-state index < -0.39 is 31.5 Å². The molecule has 17 heavy (non-hydrogen) atoms. The molecule has 1 rings (SSSR count). The predicted molar refractivity (Wildman–Crippen MR) is 48.6 cm³/mol. The van der Waals surface area contributed by atoms with Gasteiger partial charge in [-0.3, -0.25) is 0 Å². The highest BCUT2D eigenvalue weighted by Gasteiger charge is 2.28. The molecule has 1 aromatic heterocycles. The summed E-state index contributed by atoms with van der Waals surface area (Å²) in [6.07, 6.45) is -5.30. The fraction of sp³-hybridized carbons (Fsp3) is 0.750. The molecule has 0 saturated carbocycles. The van der Waals surface area contributed by atoms with Gasteiger partial charge in [-0.25, -0.2) is 0 Å². The molecule has 0 saturated heterocycles. The van der Waals surface area contributed by atoms with E-state index in [1.54, 1.807) is 0 Å². The van der Waals surface area contributed by atoms with Gasteiger partial charge in [-0.15, -0.1) is 0 Å². The van der Waals surface area contributed by atoms with Gasteiger partial charge in [0.1, 0.15) is 19.3 Å². The van der Waals surface area contributed by atoms with Crippen molar-refractivity contribution in [2.24, 2.45) is 5.73 Å². The van der Waals surface area contributed by atoms with Crippen molar-refractivity contribution in [1.82, 2.24) is 10.1 Å². The number of nitrogens with zero attached hydrogens (tertiary/aromatic N) is 2. The van der Waals surface area contributed by atoms with E-state index in [0.717, 1.165) is 0 Å². The van der Waals surface area contributed by atoms with Gasteiger partial charge in [0.15, 0.2) is 5.82 Å². The quantitative estimate of drug-likeness (QED) is 0.797. The Labute approximate surface area is 94.6 Å². The number of alkyl halides is 3. The van der Waals surface area contributed by atoms with E-state index in [1.807, 2.05) is 0 Å². The molecule has 2 atom stereocenters. The molecule has 6 nitrogen and oxygen atoms in total. The average molecular weight is 255 g/mol. The lowest BCUT2D eigenvalue weighted by atomic mass is 10.2. The van der Waals surface area contributed by atoms with Crippen molar-refractivity contribution in [3.63, 3.8) is 0 Å². The van der Waals surface area contributed by atoms with Gasteiger partial charge in [0.2, 0.25) is 5.89 Å². The van der Waals surface area contributed by atoms with Crippen molar-refractivity contribution in [3.8, 4) is 0 Å². The highest BCUT2D eigenvalue weighted by Crippen LogP contribution is 2.16. The van der Waals surface area contributed by atoms with Crippen LogP contribution in [0.1, 0.15) is 24.7 Å². The maximum Gasteiger partial charge on any atom is 0.411 e. The molecule has 3 N–H and O–H groups in total. The van der Waals surface area contributed by atoms with Crippen LogP contribution in [0.4, 0.5) is 13.2 Å². The van der Waals surface area contributed by atoms with E-state index >= 15 is 0 Å². The summed E-state index contributed by atoms with van der Waals surface area (Å²) in [5.74, 6) is -0.106. The summed E-state index contributed by atoms with van der Waals surface area (Å²) in [7, 11) is 0. The Kier molecular flexibility index (Phi) is 4.43. The fourth-order valence-electron chi connectivity index (χ4n) is 0.926. The first-order valence-corrected chi connectivity index (χ1v) is 4.70. The van der Waals surface area contributed by atoms with Gasteiger partial charge in [0.25, 0.3) is 0 Å². The molecule has 9 heteroatoms. The Hall–Kier alpha value is -1.19. The van der Waals surface area contributed by atoms with Gasteiger partial charge >= 0.3 is 6.18 Å². The molecule has 0 amide bonds. The lowest BCUT2D eigenvalue weighted by Crippen LogP contribution is -2.23. The number of hydrogen-bond acceptors (Lipinski definition) is 6. The molecular formula is C8H12F3N3O3. The second-order valence-electron chi connectivity index (χ2n) is 3.42. The zero-order chi connectivity index (χ0) is 13.1. The monoisotopic (exact) mass is 255 g/mol. The van der Waals surface area contributed by atoms with Gasteiger partial charge in [-0.2, -0.15) is 18.2 Å². The summed E-state index contributed by atoms with van der Waals surface area (Å²) in [4.78, 5) is 3.70. The van der Waals surface area contributed by atoms with E-state index in [-0.39, 0.29) is 11.7 Å². The van der Waals surface area contributed by atoms with Crippen LogP contribution in [0.15, 0.2) is 4.52 Å². The molecule has 0 aromatic carbocycles. The topological polar surface area (TPSA) is 94.4 Å². The van der Waals surface area contributed by atoms with Crippen molar-refractivity contribution < 1.29 is 27.5 Å². The first-order valence-electron chi connectivity index (χ1n) is 4.70. The first-order chi connectivity index (χ1) is 7.79. The average Bonchev–Trinajstić information content (AvgIpc) is 2.63. The number of aliphatic hydroxyl groups is 1. The smallest absolute Gasteiger partial charge is 0.391 e. The summed E-state index contributed by atoms with van der Waals surface area (Å²) >= 11 is 0. The minimum absolute atomic E-state index is 0.0504. The maximum absolute atomic E-state index is 11.8. The second-order valence-corrected chi connectivity index (χ2v) is 3.42. The summed E-state index contributed by atoms with van der Waals surface area (Å²) < 4.78 is 44.3. The van der Waals surface area contributed by atoms with E-state index in [4.69, 9.17) is 10.8 Å². The van der Waals surface area contributed by atoms with Crippen molar-refractivity contribution in [3.05, 3.63) is 11.7 Å². The van der Waals surface area contributed by atoms with Crippen molar-refractivity contribution >= 4 is 0 Å². The Morgan fingerprint density at radius 2 is 2.18 bits per heavy atom. The van der Waals surface area contributed by atoms with Crippen LogP contribution in [-0.4, -0.2) is 34.1 Å². The molecule has 0 aliphatic heterocycles. The molecule has 2 unspecified atom stereocenters. The minimum atomic E-state index is -4.40. The molecule has 0 aliphatic rings. The Morgan fingerprint density at radius 3 is 2.71 bits per heavy atom. The van der Waals surface area contributed by atoms with Crippen LogP contribution in [0.2, 0.25) is 0 Å². The summed E-state index contributed by atoms with van der Waals surface area (Å²) in [6, 6.07) is -0.876. The van der Waals surface area contributed by atoms with Crippen LogP contribution in [0.25, 0.3) is 0 Å². The number of aliphatic hydroxyl groups excluding tert-OH is 1. The van der Waals surface area contributed by atoms with Gasteiger partial charge < -0.3 is 20.1 Å². The Morgan fingerprint density at radius 1 is 1.53 bits per heavy atom. The molecule has 1 aromatic rings. The van der Waals surface area contributed by atoms with Crippen LogP contribution in [0, 0.1) is 0 Å². The molecule has 0 fully saturated rings. The predicted octanol–water partition coefficient (Wildman–Crippen LogP) is 0.529. The highest BCUT2D eigenvalue weighted by molar-refractivity contribution is 4.92. The zero-order valence-corrected chi connectivity index (χ0v) is 8.94. The molecule has 1 heterocycles. The van der Waals surface area contributed by atoms with E-state index in [0.29, 0.717) is 0 Å². The third kappa shape index (κ3) is 4.67. The third-order valence-electron chi connectivity index (χ3n) is 1.79.